The number of benzene rings is 10. The Morgan fingerprint density at radius 2 is 0.436 bits per heavy atom. The zero-order valence-electron chi connectivity index (χ0n) is 44.4. The van der Waals surface area contributed by atoms with E-state index < -0.39 is 37.3 Å². The van der Waals surface area contributed by atoms with Crippen LogP contribution in [0.2, 0.25) is 0 Å². The summed E-state index contributed by atoms with van der Waals surface area (Å²) in [6.07, 6.45) is 2.69. The second kappa shape index (κ2) is 43.4. The molecule has 0 aromatic heterocycles. The van der Waals surface area contributed by atoms with E-state index in [-0.39, 0.29) is 15.1 Å². The first kappa shape index (κ1) is 67.1. The van der Waals surface area contributed by atoms with Crippen LogP contribution in [-0.4, -0.2) is 30.3 Å². The van der Waals surface area contributed by atoms with Crippen LogP contribution < -0.4 is 47.7 Å². The molecule has 0 aliphatic rings. The third-order valence-corrected chi connectivity index (χ3v) is 21.4. The molecule has 0 nitrogen and oxygen atoms in total. The van der Waals surface area contributed by atoms with Crippen LogP contribution >= 0.6 is 79.7 Å². The van der Waals surface area contributed by atoms with Crippen molar-refractivity contribution in [2.45, 2.75) is 13.8 Å². The Hall–Kier alpha value is -3.37. The molecule has 0 fully saturated rings. The summed E-state index contributed by atoms with van der Waals surface area (Å²) < 4.78 is 1.92. The van der Waals surface area contributed by atoms with Crippen LogP contribution in [0, 0.1) is 0 Å². The number of halogens is 4. The molecule has 0 bridgehead atoms. The van der Waals surface area contributed by atoms with Crippen molar-refractivity contribution in [3.05, 3.63) is 309 Å². The largest absolute Gasteiger partial charge is 0.0622 e. The predicted octanol–water partition coefficient (Wildman–Crippen LogP) is 17.1. The number of hydrogen-bond donors (Lipinski definition) is 0. The maximum Gasteiger partial charge on any atom is -0.0134 e. The van der Waals surface area contributed by atoms with Gasteiger partial charge in [-0.25, -0.2) is 0 Å². The quantitative estimate of drug-likeness (QED) is 0.0845. The van der Waals surface area contributed by atoms with Crippen molar-refractivity contribution < 1.29 is 28.7 Å². The van der Waals surface area contributed by atoms with Gasteiger partial charge in [0.05, 0.1) is 0 Å². The molecule has 78 heavy (non-hydrogen) atoms. The molecule has 2 atom stereocenters. The van der Waals surface area contributed by atoms with Crippen molar-refractivity contribution in [1.29, 1.82) is 0 Å². The smallest absolute Gasteiger partial charge is 0.0134 e. The van der Waals surface area contributed by atoms with Gasteiger partial charge in [-0.05, 0) is 97.2 Å². The van der Waals surface area contributed by atoms with E-state index in [1.54, 1.807) is 0 Å². The molecule has 10 aromatic carbocycles. The van der Waals surface area contributed by atoms with Crippen molar-refractivity contribution in [1.82, 2.24) is 0 Å². The van der Waals surface area contributed by atoms with E-state index in [0.29, 0.717) is 0 Å². The van der Waals surface area contributed by atoms with Crippen molar-refractivity contribution >= 4 is 132 Å². The van der Waals surface area contributed by atoms with Crippen LogP contribution in [0.3, 0.4) is 0 Å². The molecule has 0 aliphatic heterocycles. The standard InChI is InChI=1S/3C18H15P.C7H6.2C3H9P.4ClH.2Ru/c3*1-4-10-16(11-5-1)19(17-12-6-2-7-13-17)18-14-8-3-9-15-18;1-7-5-3-2-4-6-7;2*1-3-4-2;;;;;;/h3*1-15H;1-6H;2*4H,3H2,1-2H3;4*1H;;/q;;;;;;;;;;2*+2/p-4. The fraction of sp³-hybridized carbons (Fsp3) is 0.0896. The van der Waals surface area contributed by atoms with Gasteiger partial charge in [-0.2, -0.15) is 0 Å². The van der Waals surface area contributed by atoms with Gasteiger partial charge in [0.15, 0.2) is 0 Å². The molecular weight excluding hydrogens is 1300 g/mol. The summed E-state index contributed by atoms with van der Waals surface area (Å²) in [5.74, 6) is 0. The van der Waals surface area contributed by atoms with Crippen LogP contribution in [0.5, 0.6) is 0 Å². The van der Waals surface area contributed by atoms with Crippen LogP contribution in [0.25, 0.3) is 0 Å². The van der Waals surface area contributed by atoms with Gasteiger partial charge in [0.25, 0.3) is 0 Å². The second-order valence-corrected chi connectivity index (χ2v) is 34.1. The molecule has 10 rings (SSSR count). The summed E-state index contributed by atoms with van der Waals surface area (Å²) in [5, 5.41) is 12.6. The topological polar surface area (TPSA) is 0 Å². The van der Waals surface area contributed by atoms with E-state index in [9.17, 15) is 0 Å². The normalized spacial score (nSPS) is 10.5. The van der Waals surface area contributed by atoms with Gasteiger partial charge >= 0.3 is 108 Å². The first-order valence-corrected chi connectivity index (χ1v) is 42.7. The van der Waals surface area contributed by atoms with Gasteiger partial charge < -0.3 is 0 Å². The zero-order chi connectivity index (χ0) is 55.7. The van der Waals surface area contributed by atoms with E-state index in [1.165, 1.54) is 60.1 Å². The van der Waals surface area contributed by atoms with E-state index in [4.69, 9.17) is 38.8 Å². The molecule has 11 heteroatoms. The van der Waals surface area contributed by atoms with Crippen molar-refractivity contribution in [2.24, 2.45) is 0 Å². The van der Waals surface area contributed by atoms with Gasteiger partial charge in [-0.1, -0.05) is 287 Å². The van der Waals surface area contributed by atoms with Crippen molar-refractivity contribution in [3.63, 3.8) is 0 Å². The fourth-order valence-corrected chi connectivity index (χ4v) is 15.9. The molecule has 10 aromatic rings. The average molecular weight is 1370 g/mol. The minimum Gasteiger partial charge on any atom is -0.0622 e. The molecule has 0 saturated carbocycles. The summed E-state index contributed by atoms with van der Waals surface area (Å²) in [7, 11) is 22.0. The van der Waals surface area contributed by atoms with Gasteiger partial charge in [-0.15, -0.1) is 17.2 Å². The minimum atomic E-state index is -1.61. The zero-order valence-corrected chi connectivity index (χ0v) is 55.6. The Kier molecular flexibility index (Phi) is 37.3. The van der Waals surface area contributed by atoms with Crippen LogP contribution in [-0.2, 0) is 28.7 Å². The third-order valence-electron chi connectivity index (χ3n) is 10.8. The van der Waals surface area contributed by atoms with Gasteiger partial charge in [0.2, 0.25) is 0 Å². The number of hydrogen-bond acceptors (Lipinski definition) is 0. The van der Waals surface area contributed by atoms with E-state index in [0.717, 1.165) is 22.7 Å². The van der Waals surface area contributed by atoms with Gasteiger partial charge in [0, 0.05) is 0 Å². The second-order valence-electron chi connectivity index (χ2n) is 16.2. The summed E-state index contributed by atoms with van der Waals surface area (Å²) in [4.78, 5) is 0. The first-order valence-electron chi connectivity index (χ1n) is 25.3. The van der Waals surface area contributed by atoms with Crippen molar-refractivity contribution in [2.75, 3.05) is 25.7 Å². The predicted molar refractivity (Wildman–Crippen MR) is 360 cm³/mol. The average Bonchev–Trinajstić information content (AvgIpc) is 3.51. The first-order chi connectivity index (χ1) is 38.4. The van der Waals surface area contributed by atoms with E-state index in [2.05, 4.69) is 300 Å². The number of rotatable bonds is 12. The van der Waals surface area contributed by atoms with E-state index in [1.807, 2.05) is 34.9 Å². The molecule has 0 heterocycles. The summed E-state index contributed by atoms with van der Waals surface area (Å²) in [6.45, 7) is 8.80. The Morgan fingerprint density at radius 1 is 0.308 bits per heavy atom. The maximum atomic E-state index is 5.67. The fourth-order valence-electron chi connectivity index (χ4n) is 7.15. The molecule has 0 amide bonds. The summed E-state index contributed by atoms with van der Waals surface area (Å²) in [5.41, 5.74) is 1.12. The molecule has 406 valence electrons. The molecule has 0 radical (unpaired) electrons. The van der Waals surface area contributed by atoms with Gasteiger partial charge in [0.1, 0.15) is 0 Å². The molecular formula is C67H69Cl4P5Ru2. The summed E-state index contributed by atoms with van der Waals surface area (Å²) in [6, 6.07) is 107. The van der Waals surface area contributed by atoms with Crippen LogP contribution in [0.15, 0.2) is 303 Å². The van der Waals surface area contributed by atoms with Gasteiger partial charge in [-0.3, -0.25) is 0 Å². The van der Waals surface area contributed by atoms with Crippen LogP contribution in [0.1, 0.15) is 19.4 Å². The molecule has 0 aliphatic carbocycles. The Morgan fingerprint density at radius 3 is 0.551 bits per heavy atom. The van der Waals surface area contributed by atoms with E-state index >= 15 is 0 Å². The Balaban J connectivity index is 0.000000214. The molecule has 0 N–H and O–H groups in total. The SMILES string of the molecule is CCPC.CCPC.[Cl][Ru]([Cl])=[CH]c1ccccc1.[Cl][Ru][Cl].c1ccc(P(c2ccccc2)c2ccccc2)cc1.c1ccc(P(c2ccccc2)c2ccccc2)cc1.c1ccc(P(c2ccccc2)c2ccccc2)cc1. The maximum absolute atomic E-state index is 5.67. The van der Waals surface area contributed by atoms with Crippen LogP contribution in [0.4, 0.5) is 0 Å². The molecule has 0 spiro atoms. The molecule has 0 saturated heterocycles. The monoisotopic (exact) mass is 1370 g/mol. The summed E-state index contributed by atoms with van der Waals surface area (Å²) >= 11 is -1.96. The third kappa shape index (κ3) is 26.5. The van der Waals surface area contributed by atoms with Crippen molar-refractivity contribution in [3.8, 4) is 0 Å². The minimum absolute atomic E-state index is 0.346. The Bertz CT molecular complexity index is 2430. The Labute approximate surface area is 504 Å². The molecule has 2 unspecified atom stereocenters.